The summed E-state index contributed by atoms with van der Waals surface area (Å²) >= 11 is 0. The highest BCUT2D eigenvalue weighted by atomic mass is 16.5. The first kappa shape index (κ1) is 17.7. The fraction of sp³-hybridized carbons (Fsp3) is 0.316. The van der Waals surface area contributed by atoms with Crippen molar-refractivity contribution in [3.63, 3.8) is 0 Å². The Labute approximate surface area is 151 Å². The third-order valence-electron chi connectivity index (χ3n) is 4.33. The summed E-state index contributed by atoms with van der Waals surface area (Å²) < 4.78 is 7.03. The van der Waals surface area contributed by atoms with E-state index in [9.17, 15) is 9.59 Å². The van der Waals surface area contributed by atoms with Crippen LogP contribution in [0.3, 0.4) is 0 Å². The quantitative estimate of drug-likeness (QED) is 0.663. The number of amides is 1. The molecule has 1 amide bonds. The van der Waals surface area contributed by atoms with Crippen molar-refractivity contribution in [2.24, 2.45) is 0 Å². The highest BCUT2D eigenvalue weighted by Crippen LogP contribution is 2.18. The fourth-order valence-electron chi connectivity index (χ4n) is 2.63. The molecule has 0 radical (unpaired) electrons. The predicted molar refractivity (Wildman–Crippen MR) is 99.0 cm³/mol. The van der Waals surface area contributed by atoms with Crippen LogP contribution in [-0.4, -0.2) is 32.7 Å². The number of hydrogen-bond donors (Lipinski definition) is 2. The van der Waals surface area contributed by atoms with Crippen molar-refractivity contribution >= 4 is 28.6 Å². The van der Waals surface area contributed by atoms with E-state index in [-0.39, 0.29) is 6.04 Å². The van der Waals surface area contributed by atoms with Crippen molar-refractivity contribution in [2.45, 2.75) is 39.3 Å². The molecular formula is C19H22N4O3. The van der Waals surface area contributed by atoms with Gasteiger partial charge in [-0.1, -0.05) is 25.1 Å². The lowest BCUT2D eigenvalue weighted by molar-refractivity contribution is -0.123. The van der Waals surface area contributed by atoms with Gasteiger partial charge >= 0.3 is 5.97 Å². The van der Waals surface area contributed by atoms with E-state index in [1.807, 2.05) is 38.1 Å². The molecule has 1 aromatic carbocycles. The SMILES string of the molecule is CC[C@H](C)n1nccc1NC(=O)[C@H](C)OC(=O)c1cc2ccccc2[nH]1. The number of nitrogens with one attached hydrogen (secondary N) is 2. The highest BCUT2D eigenvalue weighted by Gasteiger charge is 2.21. The normalized spacial score (nSPS) is 13.3. The van der Waals surface area contributed by atoms with Crippen molar-refractivity contribution in [2.75, 3.05) is 5.32 Å². The monoisotopic (exact) mass is 354 g/mol. The molecule has 0 saturated heterocycles. The lowest BCUT2D eigenvalue weighted by atomic mass is 10.2. The smallest absolute Gasteiger partial charge is 0.355 e. The van der Waals surface area contributed by atoms with Crippen molar-refractivity contribution in [3.05, 3.63) is 48.3 Å². The standard InChI is InChI=1S/C19H22N4O3/c1-4-12(2)23-17(9-10-20-23)22-18(24)13(3)26-19(25)16-11-14-7-5-6-8-15(14)21-16/h5-13,21H,4H2,1-3H3,(H,22,24)/t12-,13-/m0/s1. The number of carbonyl (C=O) groups is 2. The molecule has 3 aromatic rings. The first-order valence-corrected chi connectivity index (χ1v) is 8.62. The fourth-order valence-corrected chi connectivity index (χ4v) is 2.63. The second-order valence-corrected chi connectivity index (χ2v) is 6.23. The Morgan fingerprint density at radius 3 is 2.77 bits per heavy atom. The van der Waals surface area contributed by atoms with Crippen LogP contribution < -0.4 is 5.32 Å². The second kappa shape index (κ2) is 7.43. The van der Waals surface area contributed by atoms with Crippen LogP contribution in [0.1, 0.15) is 43.7 Å². The Hall–Kier alpha value is -3.09. The summed E-state index contributed by atoms with van der Waals surface area (Å²) in [4.78, 5) is 27.7. The molecule has 2 atom stereocenters. The largest absolute Gasteiger partial charge is 0.448 e. The summed E-state index contributed by atoms with van der Waals surface area (Å²) in [7, 11) is 0. The number of aromatic nitrogens is 3. The number of anilines is 1. The third kappa shape index (κ3) is 3.61. The minimum absolute atomic E-state index is 0.157. The molecule has 26 heavy (non-hydrogen) atoms. The van der Waals surface area contributed by atoms with E-state index in [4.69, 9.17) is 4.74 Å². The summed E-state index contributed by atoms with van der Waals surface area (Å²) in [6, 6.07) is 11.1. The molecule has 3 rings (SSSR count). The Balaban J connectivity index is 1.65. The van der Waals surface area contributed by atoms with Crippen LogP contribution in [0.15, 0.2) is 42.6 Å². The number of para-hydroxylation sites is 1. The Kier molecular flexibility index (Phi) is 5.06. The summed E-state index contributed by atoms with van der Waals surface area (Å²) in [6.45, 7) is 5.60. The maximum atomic E-state index is 12.4. The maximum absolute atomic E-state index is 12.4. The van der Waals surface area contributed by atoms with Crippen molar-refractivity contribution in [1.29, 1.82) is 0 Å². The summed E-state index contributed by atoms with van der Waals surface area (Å²) in [6.07, 6.45) is 1.58. The minimum Gasteiger partial charge on any atom is -0.448 e. The molecule has 0 fully saturated rings. The van der Waals surface area contributed by atoms with E-state index in [0.29, 0.717) is 11.5 Å². The molecule has 2 heterocycles. The lowest BCUT2D eigenvalue weighted by Gasteiger charge is -2.16. The van der Waals surface area contributed by atoms with Gasteiger partial charge in [0.15, 0.2) is 6.10 Å². The maximum Gasteiger partial charge on any atom is 0.355 e. The minimum atomic E-state index is -0.936. The second-order valence-electron chi connectivity index (χ2n) is 6.23. The van der Waals surface area contributed by atoms with Gasteiger partial charge in [0, 0.05) is 17.0 Å². The number of hydrogen-bond acceptors (Lipinski definition) is 4. The van der Waals surface area contributed by atoms with Crippen LogP contribution in [-0.2, 0) is 9.53 Å². The zero-order valence-corrected chi connectivity index (χ0v) is 15.0. The van der Waals surface area contributed by atoms with Crippen LogP contribution in [0, 0.1) is 0 Å². The van der Waals surface area contributed by atoms with Gasteiger partial charge in [-0.3, -0.25) is 4.79 Å². The van der Waals surface area contributed by atoms with Crippen molar-refractivity contribution < 1.29 is 14.3 Å². The number of rotatable bonds is 6. The summed E-state index contributed by atoms with van der Waals surface area (Å²) in [5, 5.41) is 7.90. The number of benzene rings is 1. The van der Waals surface area contributed by atoms with Gasteiger partial charge in [-0.05, 0) is 32.4 Å². The predicted octanol–water partition coefficient (Wildman–Crippen LogP) is 3.52. The zero-order valence-electron chi connectivity index (χ0n) is 15.0. The summed E-state index contributed by atoms with van der Waals surface area (Å²) in [5.74, 6) is -0.392. The third-order valence-corrected chi connectivity index (χ3v) is 4.33. The molecule has 0 aliphatic carbocycles. The van der Waals surface area contributed by atoms with Crippen LogP contribution in [0.5, 0.6) is 0 Å². The Morgan fingerprint density at radius 1 is 1.27 bits per heavy atom. The zero-order chi connectivity index (χ0) is 18.7. The molecule has 0 unspecified atom stereocenters. The number of ether oxygens (including phenoxy) is 1. The first-order chi connectivity index (χ1) is 12.5. The Bertz CT molecular complexity index is 895. The number of fused-ring (bicyclic) bond motifs is 1. The van der Waals surface area contributed by atoms with Crippen molar-refractivity contribution in [1.82, 2.24) is 14.8 Å². The van der Waals surface area contributed by atoms with Gasteiger partial charge in [0.25, 0.3) is 5.91 Å². The van der Waals surface area contributed by atoms with E-state index in [1.54, 1.807) is 29.9 Å². The molecule has 136 valence electrons. The van der Waals surface area contributed by atoms with E-state index in [1.165, 1.54) is 0 Å². The molecule has 7 heteroatoms. The van der Waals surface area contributed by atoms with Gasteiger partial charge in [-0.15, -0.1) is 0 Å². The highest BCUT2D eigenvalue weighted by molar-refractivity contribution is 5.98. The van der Waals surface area contributed by atoms with E-state index in [2.05, 4.69) is 15.4 Å². The topological polar surface area (TPSA) is 89.0 Å². The van der Waals surface area contributed by atoms with Crippen molar-refractivity contribution in [3.8, 4) is 0 Å². The molecular weight excluding hydrogens is 332 g/mol. The molecule has 2 aromatic heterocycles. The molecule has 0 bridgehead atoms. The van der Waals surface area contributed by atoms with Gasteiger partial charge in [0.2, 0.25) is 0 Å². The molecule has 0 saturated carbocycles. The van der Waals surface area contributed by atoms with Gasteiger partial charge < -0.3 is 15.0 Å². The Morgan fingerprint density at radius 2 is 2.04 bits per heavy atom. The number of H-pyrrole nitrogens is 1. The van der Waals surface area contributed by atoms with Crippen LogP contribution >= 0.6 is 0 Å². The molecule has 0 aliphatic rings. The molecule has 0 aliphatic heterocycles. The molecule has 2 N–H and O–H groups in total. The van der Waals surface area contributed by atoms with Crippen LogP contribution in [0.4, 0.5) is 5.82 Å². The average molecular weight is 354 g/mol. The number of aromatic amines is 1. The number of carbonyl (C=O) groups excluding carboxylic acids is 2. The van der Waals surface area contributed by atoms with Gasteiger partial charge in [0.1, 0.15) is 11.5 Å². The summed E-state index contributed by atoms with van der Waals surface area (Å²) in [5.41, 5.74) is 1.16. The van der Waals surface area contributed by atoms with E-state index in [0.717, 1.165) is 17.3 Å². The lowest BCUT2D eigenvalue weighted by Crippen LogP contribution is -2.31. The molecule has 0 spiro atoms. The van der Waals surface area contributed by atoms with Gasteiger partial charge in [-0.25, -0.2) is 9.48 Å². The van der Waals surface area contributed by atoms with Crippen LogP contribution in [0.2, 0.25) is 0 Å². The van der Waals surface area contributed by atoms with E-state index >= 15 is 0 Å². The average Bonchev–Trinajstić information content (AvgIpc) is 3.27. The van der Waals surface area contributed by atoms with Gasteiger partial charge in [0.05, 0.1) is 12.2 Å². The first-order valence-electron chi connectivity index (χ1n) is 8.62. The van der Waals surface area contributed by atoms with E-state index < -0.39 is 18.0 Å². The number of esters is 1. The van der Waals surface area contributed by atoms with Crippen LogP contribution in [0.25, 0.3) is 10.9 Å². The van der Waals surface area contributed by atoms with Gasteiger partial charge in [-0.2, -0.15) is 5.10 Å². The molecule has 7 nitrogen and oxygen atoms in total. The number of nitrogens with zero attached hydrogens (tertiary/aromatic N) is 2.